The molecule has 8 aromatic rings. The molecule has 2 N–H and O–H groups in total. The first-order valence-electron chi connectivity index (χ1n) is 20.4. The Kier molecular flexibility index (Phi) is 8.42. The fourth-order valence-electron chi connectivity index (χ4n) is 9.81. The highest BCUT2D eigenvalue weighted by Crippen LogP contribution is 2.54. The van der Waals surface area contributed by atoms with Crippen LogP contribution in [0.2, 0.25) is 0 Å². The van der Waals surface area contributed by atoms with Crippen LogP contribution in [0.25, 0.3) is 61.4 Å². The summed E-state index contributed by atoms with van der Waals surface area (Å²) in [4.78, 5) is 5.26. The molecule has 0 heterocycles. The largest absolute Gasteiger partial charge is 0.383 e. The lowest BCUT2D eigenvalue weighted by molar-refractivity contribution is 0.661. The van der Waals surface area contributed by atoms with E-state index >= 15 is 0 Å². The number of hydrogen-bond donors (Lipinski definition) is 1. The Morgan fingerprint density at radius 3 is 1.86 bits per heavy atom. The van der Waals surface area contributed by atoms with Crippen molar-refractivity contribution >= 4 is 22.7 Å². The summed E-state index contributed by atoms with van der Waals surface area (Å²) in [6.45, 7) is 9.41. The second kappa shape index (κ2) is 13.7. The third kappa shape index (κ3) is 5.74. The maximum absolute atomic E-state index is 6.81. The van der Waals surface area contributed by atoms with E-state index in [0.29, 0.717) is 5.84 Å². The van der Waals surface area contributed by atoms with Gasteiger partial charge in [0.25, 0.3) is 0 Å². The molecular formula is C56H46N2. The van der Waals surface area contributed by atoms with Crippen LogP contribution in [0.5, 0.6) is 0 Å². The molecule has 0 aliphatic heterocycles. The van der Waals surface area contributed by atoms with Crippen molar-refractivity contribution in [2.45, 2.75) is 44.6 Å². The number of aliphatic imine (C=N–C) groups is 1. The van der Waals surface area contributed by atoms with E-state index in [1.165, 1.54) is 77.5 Å². The molecular weight excluding hydrogens is 701 g/mol. The number of fused-ring (bicyclic) bond motifs is 7. The summed E-state index contributed by atoms with van der Waals surface area (Å²) in [6, 6.07) is 63.3. The Hall–Kier alpha value is -6.77. The van der Waals surface area contributed by atoms with E-state index in [1.54, 1.807) is 0 Å². The summed E-state index contributed by atoms with van der Waals surface area (Å²) in [5.41, 5.74) is 25.4. The quantitative estimate of drug-likeness (QED) is 0.128. The predicted molar refractivity (Wildman–Crippen MR) is 245 cm³/mol. The van der Waals surface area contributed by atoms with E-state index in [2.05, 4.69) is 185 Å². The van der Waals surface area contributed by atoms with Crippen molar-refractivity contribution in [3.8, 4) is 44.5 Å². The van der Waals surface area contributed by atoms with E-state index in [4.69, 9.17) is 10.7 Å². The topological polar surface area (TPSA) is 38.4 Å². The van der Waals surface area contributed by atoms with Gasteiger partial charge in [0.15, 0.2) is 0 Å². The number of nitrogens with zero attached hydrogens (tertiary/aromatic N) is 1. The van der Waals surface area contributed by atoms with Crippen molar-refractivity contribution in [2.75, 3.05) is 0 Å². The molecule has 2 heteroatoms. The summed E-state index contributed by atoms with van der Waals surface area (Å²) in [5, 5.41) is 2.56. The molecule has 0 fully saturated rings. The van der Waals surface area contributed by atoms with Gasteiger partial charge in [-0.2, -0.15) is 0 Å². The van der Waals surface area contributed by atoms with Crippen LogP contribution in [0.4, 0.5) is 0 Å². The maximum Gasteiger partial charge on any atom is 0.126 e. The minimum absolute atomic E-state index is 0.0830. The van der Waals surface area contributed by atoms with E-state index in [1.807, 2.05) is 30.3 Å². The van der Waals surface area contributed by atoms with E-state index < -0.39 is 0 Å². The molecule has 0 aromatic heterocycles. The molecule has 0 saturated heterocycles. The molecule has 1 unspecified atom stereocenters. The number of benzene rings is 8. The zero-order chi connectivity index (χ0) is 39.6. The van der Waals surface area contributed by atoms with Crippen molar-refractivity contribution in [3.63, 3.8) is 0 Å². The molecule has 0 radical (unpaired) electrons. The Labute approximate surface area is 342 Å². The van der Waals surface area contributed by atoms with Crippen LogP contribution in [0.1, 0.15) is 72.7 Å². The normalized spacial score (nSPS) is 15.2. The molecule has 2 aliphatic carbocycles. The molecule has 0 saturated carbocycles. The number of hydrogen-bond acceptors (Lipinski definition) is 1. The molecule has 58 heavy (non-hydrogen) atoms. The van der Waals surface area contributed by atoms with Gasteiger partial charge in [0.1, 0.15) is 5.84 Å². The van der Waals surface area contributed by atoms with Crippen LogP contribution >= 0.6 is 0 Å². The van der Waals surface area contributed by atoms with Gasteiger partial charge in [0.2, 0.25) is 0 Å². The highest BCUT2D eigenvalue weighted by atomic mass is 14.9. The first-order valence-corrected chi connectivity index (χ1v) is 20.4. The first kappa shape index (κ1) is 35.6. The van der Waals surface area contributed by atoms with Crippen molar-refractivity contribution in [1.29, 1.82) is 0 Å². The highest BCUT2D eigenvalue weighted by molar-refractivity contribution is 5.99. The average Bonchev–Trinajstić information content (AvgIpc) is 3.64. The number of nitrogens with two attached hydrogens (primary N) is 1. The van der Waals surface area contributed by atoms with Gasteiger partial charge in [-0.25, -0.2) is 0 Å². The molecule has 280 valence electrons. The standard InChI is InChI=1S/C56H46N2/c1-55(2)49-27-15-23-41(52(49)47-34-39-18-8-9-19-40(39)35-50(47)55)37-31-28-36(29-32-37)30-33-51(58-54(57)38-16-6-5-7-17-38)44-22-11-10-20-42(44)45-24-14-25-46-43-21-12-13-26-48(43)56(3,4)53(45)46/h5-35,51H,1-4H3,(H2,57,58)/b33-30+. The Morgan fingerprint density at radius 2 is 1.09 bits per heavy atom. The van der Waals surface area contributed by atoms with Crippen LogP contribution < -0.4 is 5.73 Å². The molecule has 0 spiro atoms. The van der Waals surface area contributed by atoms with Crippen LogP contribution in [-0.4, -0.2) is 5.84 Å². The molecule has 0 bridgehead atoms. The second-order valence-electron chi connectivity index (χ2n) is 16.9. The Bertz CT molecular complexity index is 2940. The Morgan fingerprint density at radius 1 is 0.500 bits per heavy atom. The summed E-state index contributed by atoms with van der Waals surface area (Å²) in [6.07, 6.45) is 4.40. The van der Waals surface area contributed by atoms with Gasteiger partial charge in [-0.15, -0.1) is 0 Å². The van der Waals surface area contributed by atoms with Crippen LogP contribution in [0.3, 0.4) is 0 Å². The maximum atomic E-state index is 6.81. The molecule has 2 nitrogen and oxygen atoms in total. The Balaban J connectivity index is 1.05. The third-order valence-electron chi connectivity index (χ3n) is 12.8. The fourth-order valence-corrected chi connectivity index (χ4v) is 9.81. The van der Waals surface area contributed by atoms with Crippen LogP contribution in [-0.2, 0) is 10.8 Å². The average molecular weight is 747 g/mol. The second-order valence-corrected chi connectivity index (χ2v) is 16.9. The zero-order valence-electron chi connectivity index (χ0n) is 33.5. The van der Waals surface area contributed by atoms with E-state index in [0.717, 1.165) is 16.7 Å². The predicted octanol–water partition coefficient (Wildman–Crippen LogP) is 13.9. The van der Waals surface area contributed by atoms with Gasteiger partial charge in [-0.3, -0.25) is 4.99 Å². The van der Waals surface area contributed by atoms with Crippen molar-refractivity contribution in [2.24, 2.45) is 10.7 Å². The highest BCUT2D eigenvalue weighted by Gasteiger charge is 2.38. The summed E-state index contributed by atoms with van der Waals surface area (Å²) >= 11 is 0. The SMILES string of the molecule is CC1(C)c2cc3ccccc3cc2-c2c(-c3ccc(/C=C/C(N=C(N)c4ccccc4)c4ccccc4-c4cccc5c4C(C)(C)c4ccccc4-5)cc3)cccc21. The summed E-state index contributed by atoms with van der Waals surface area (Å²) in [7, 11) is 0. The van der Waals surface area contributed by atoms with Gasteiger partial charge >= 0.3 is 0 Å². The monoisotopic (exact) mass is 746 g/mol. The molecule has 8 aromatic carbocycles. The molecule has 10 rings (SSSR count). The van der Waals surface area contributed by atoms with Crippen molar-refractivity contribution < 1.29 is 0 Å². The molecule has 2 aliphatic rings. The van der Waals surface area contributed by atoms with E-state index in [-0.39, 0.29) is 16.9 Å². The lowest BCUT2D eigenvalue weighted by Gasteiger charge is -2.26. The lowest BCUT2D eigenvalue weighted by Crippen LogP contribution is -2.17. The minimum Gasteiger partial charge on any atom is -0.383 e. The number of rotatable bonds is 7. The van der Waals surface area contributed by atoms with Crippen LogP contribution in [0, 0.1) is 0 Å². The lowest BCUT2D eigenvalue weighted by atomic mass is 9.78. The van der Waals surface area contributed by atoms with Gasteiger partial charge in [0, 0.05) is 16.4 Å². The van der Waals surface area contributed by atoms with Crippen molar-refractivity contribution in [1.82, 2.24) is 0 Å². The summed E-state index contributed by atoms with van der Waals surface area (Å²) in [5.74, 6) is 0.514. The fraction of sp³-hybridized carbons (Fsp3) is 0.125. The van der Waals surface area contributed by atoms with E-state index in [9.17, 15) is 0 Å². The molecule has 1 atom stereocenters. The van der Waals surface area contributed by atoms with Gasteiger partial charge < -0.3 is 5.73 Å². The van der Waals surface area contributed by atoms with Gasteiger partial charge in [-0.05, 0) is 101 Å². The van der Waals surface area contributed by atoms with Gasteiger partial charge in [0.05, 0.1) is 6.04 Å². The third-order valence-corrected chi connectivity index (χ3v) is 12.8. The van der Waals surface area contributed by atoms with Gasteiger partial charge in [-0.1, -0.05) is 204 Å². The van der Waals surface area contributed by atoms with Crippen LogP contribution in [0.15, 0.2) is 187 Å². The molecule has 0 amide bonds. The number of amidine groups is 1. The van der Waals surface area contributed by atoms with Crippen molar-refractivity contribution in [3.05, 3.63) is 221 Å². The minimum atomic E-state index is -0.329. The first-order chi connectivity index (χ1) is 28.2. The zero-order valence-corrected chi connectivity index (χ0v) is 33.5. The smallest absolute Gasteiger partial charge is 0.126 e. The summed E-state index contributed by atoms with van der Waals surface area (Å²) < 4.78 is 0.